The molecule has 1 atom stereocenters. The number of rotatable bonds is 7. The predicted molar refractivity (Wildman–Crippen MR) is 121 cm³/mol. The molecule has 1 N–H and O–H groups in total. The zero-order valence-corrected chi connectivity index (χ0v) is 18.4. The Balaban J connectivity index is 1.48. The molecule has 2 aromatic rings. The third kappa shape index (κ3) is 5.46. The van der Waals surface area contributed by atoms with Gasteiger partial charge in [0.05, 0.1) is 19.1 Å². The van der Waals surface area contributed by atoms with Gasteiger partial charge in [0.25, 0.3) is 0 Å². The van der Waals surface area contributed by atoms with Crippen molar-refractivity contribution in [3.8, 4) is 16.9 Å². The molecular formula is C26H33NO4. The number of hydrogen-bond acceptors (Lipinski definition) is 4. The molecule has 0 aliphatic carbocycles. The minimum atomic E-state index is -0.410. The first kappa shape index (κ1) is 21.8. The molecule has 2 aliphatic rings. The topological polar surface area (TPSA) is 56.8 Å². The highest BCUT2D eigenvalue weighted by Gasteiger charge is 2.40. The normalized spacial score (nSPS) is 20.7. The number of hydrogen-bond donors (Lipinski definition) is 1. The van der Waals surface area contributed by atoms with Crippen molar-refractivity contribution >= 4 is 5.91 Å². The van der Waals surface area contributed by atoms with Crippen LogP contribution in [0.1, 0.15) is 31.2 Å². The van der Waals surface area contributed by atoms with E-state index in [2.05, 4.69) is 41.7 Å². The van der Waals surface area contributed by atoms with Crippen LogP contribution in [0, 0.1) is 11.3 Å². The van der Waals surface area contributed by atoms with Crippen LogP contribution >= 0.6 is 0 Å². The first-order chi connectivity index (χ1) is 15.2. The van der Waals surface area contributed by atoms with E-state index in [1.165, 1.54) is 5.56 Å². The molecule has 31 heavy (non-hydrogen) atoms. The van der Waals surface area contributed by atoms with Crippen molar-refractivity contribution in [1.29, 1.82) is 0 Å². The molecule has 0 aromatic heterocycles. The lowest BCUT2D eigenvalue weighted by Gasteiger charge is -2.36. The Morgan fingerprint density at radius 3 is 2.58 bits per heavy atom. The van der Waals surface area contributed by atoms with Crippen molar-refractivity contribution in [3.05, 3.63) is 54.1 Å². The smallest absolute Gasteiger partial charge is 0.226 e. The van der Waals surface area contributed by atoms with E-state index >= 15 is 0 Å². The fourth-order valence-electron chi connectivity index (χ4n) is 4.67. The van der Waals surface area contributed by atoms with E-state index in [0.29, 0.717) is 25.7 Å². The lowest BCUT2D eigenvalue weighted by molar-refractivity contribution is -0.137. The lowest BCUT2D eigenvalue weighted by Crippen LogP contribution is -2.47. The van der Waals surface area contributed by atoms with Crippen LogP contribution < -0.4 is 10.1 Å². The Kier molecular flexibility index (Phi) is 7.25. The van der Waals surface area contributed by atoms with Crippen LogP contribution in [0.4, 0.5) is 0 Å². The van der Waals surface area contributed by atoms with Gasteiger partial charge >= 0.3 is 0 Å². The maximum absolute atomic E-state index is 13.4. The predicted octanol–water partition coefficient (Wildman–Crippen LogP) is 4.24. The van der Waals surface area contributed by atoms with E-state index in [-0.39, 0.29) is 5.91 Å². The molecule has 2 aliphatic heterocycles. The van der Waals surface area contributed by atoms with E-state index in [1.54, 1.807) is 7.11 Å². The standard InChI is InChI=1S/C26H33NO4/c1-29-24-9-7-22(8-10-24)23-6-2-4-20(16-23)17-26(11-14-30-15-12-26)25(28)27-18-21-5-3-13-31-19-21/h2,4,6-10,16,21H,3,5,11-15,17-19H2,1H3,(H,27,28). The summed E-state index contributed by atoms with van der Waals surface area (Å²) in [4.78, 5) is 13.4. The Bertz CT molecular complexity index is 852. The number of nitrogens with one attached hydrogen (secondary N) is 1. The fraction of sp³-hybridized carbons (Fsp3) is 0.500. The Morgan fingerprint density at radius 2 is 1.87 bits per heavy atom. The van der Waals surface area contributed by atoms with Crippen LogP contribution in [0.2, 0.25) is 0 Å². The van der Waals surface area contributed by atoms with Gasteiger partial charge in [0.1, 0.15) is 5.75 Å². The third-order valence-electron chi connectivity index (χ3n) is 6.63. The van der Waals surface area contributed by atoms with Gasteiger partial charge in [-0.3, -0.25) is 4.79 Å². The van der Waals surface area contributed by atoms with Gasteiger partial charge in [0.15, 0.2) is 0 Å². The number of amides is 1. The Labute approximate surface area is 185 Å². The summed E-state index contributed by atoms with van der Waals surface area (Å²) in [6, 6.07) is 16.6. The first-order valence-corrected chi connectivity index (χ1v) is 11.4. The van der Waals surface area contributed by atoms with E-state index in [1.807, 2.05) is 12.1 Å². The van der Waals surface area contributed by atoms with Gasteiger partial charge in [-0.1, -0.05) is 36.4 Å². The lowest BCUT2D eigenvalue weighted by atomic mass is 9.74. The van der Waals surface area contributed by atoms with Crippen molar-refractivity contribution in [1.82, 2.24) is 5.32 Å². The van der Waals surface area contributed by atoms with Crippen LogP contribution in [0.25, 0.3) is 11.1 Å². The van der Waals surface area contributed by atoms with Gasteiger partial charge in [-0.2, -0.15) is 0 Å². The average Bonchev–Trinajstić information content (AvgIpc) is 2.84. The SMILES string of the molecule is COc1ccc(-c2cccc(CC3(C(=O)NCC4CCCOC4)CCOCC3)c2)cc1. The van der Waals surface area contributed by atoms with Crippen LogP contribution in [0.3, 0.4) is 0 Å². The summed E-state index contributed by atoms with van der Waals surface area (Å²) in [5.74, 6) is 1.44. The molecule has 0 saturated carbocycles. The monoisotopic (exact) mass is 423 g/mol. The van der Waals surface area contributed by atoms with Crippen molar-refractivity contribution in [3.63, 3.8) is 0 Å². The third-order valence-corrected chi connectivity index (χ3v) is 6.63. The summed E-state index contributed by atoms with van der Waals surface area (Å²) in [6.07, 6.45) is 4.45. The van der Waals surface area contributed by atoms with Gasteiger partial charge < -0.3 is 19.5 Å². The molecular weight excluding hydrogens is 390 g/mol. The van der Waals surface area contributed by atoms with E-state index in [0.717, 1.165) is 62.2 Å². The minimum Gasteiger partial charge on any atom is -0.497 e. The maximum Gasteiger partial charge on any atom is 0.226 e. The van der Waals surface area contributed by atoms with Crippen molar-refractivity contribution < 1.29 is 19.0 Å². The highest BCUT2D eigenvalue weighted by atomic mass is 16.5. The van der Waals surface area contributed by atoms with Crippen LogP contribution in [0.15, 0.2) is 48.5 Å². The van der Waals surface area contributed by atoms with E-state index < -0.39 is 5.41 Å². The van der Waals surface area contributed by atoms with Gasteiger partial charge in [0.2, 0.25) is 5.91 Å². The average molecular weight is 424 g/mol. The summed E-state index contributed by atoms with van der Waals surface area (Å²) in [6.45, 7) is 3.57. The molecule has 5 nitrogen and oxygen atoms in total. The molecule has 2 fully saturated rings. The van der Waals surface area contributed by atoms with Gasteiger partial charge in [-0.25, -0.2) is 0 Å². The molecule has 0 radical (unpaired) electrons. The zero-order valence-electron chi connectivity index (χ0n) is 18.4. The molecule has 2 saturated heterocycles. The summed E-state index contributed by atoms with van der Waals surface area (Å²) in [7, 11) is 1.68. The van der Waals surface area contributed by atoms with E-state index in [9.17, 15) is 4.79 Å². The number of benzene rings is 2. The highest BCUT2D eigenvalue weighted by Crippen LogP contribution is 2.36. The summed E-state index contributed by atoms with van der Waals surface area (Å²) < 4.78 is 16.5. The second kappa shape index (κ2) is 10.3. The van der Waals surface area contributed by atoms with E-state index in [4.69, 9.17) is 14.2 Å². The first-order valence-electron chi connectivity index (χ1n) is 11.4. The highest BCUT2D eigenvalue weighted by molar-refractivity contribution is 5.83. The maximum atomic E-state index is 13.4. The minimum absolute atomic E-state index is 0.163. The summed E-state index contributed by atoms with van der Waals surface area (Å²) in [5, 5.41) is 3.25. The second-order valence-corrected chi connectivity index (χ2v) is 8.79. The Morgan fingerprint density at radius 1 is 1.06 bits per heavy atom. The van der Waals surface area contributed by atoms with Gasteiger partial charge in [-0.05, 0) is 66.8 Å². The fourth-order valence-corrected chi connectivity index (χ4v) is 4.67. The summed E-state index contributed by atoms with van der Waals surface area (Å²) in [5.41, 5.74) is 3.07. The molecule has 0 bridgehead atoms. The second-order valence-electron chi connectivity index (χ2n) is 8.79. The largest absolute Gasteiger partial charge is 0.497 e. The molecule has 1 unspecified atom stereocenters. The van der Waals surface area contributed by atoms with Gasteiger partial charge in [-0.15, -0.1) is 0 Å². The summed E-state index contributed by atoms with van der Waals surface area (Å²) >= 11 is 0. The number of carbonyl (C=O) groups is 1. The molecule has 4 rings (SSSR count). The van der Waals surface area contributed by atoms with Crippen molar-refractivity contribution in [2.45, 2.75) is 32.1 Å². The molecule has 2 heterocycles. The number of carbonyl (C=O) groups excluding carboxylic acids is 1. The molecule has 5 heteroatoms. The van der Waals surface area contributed by atoms with Crippen LogP contribution in [-0.2, 0) is 20.7 Å². The van der Waals surface area contributed by atoms with Crippen molar-refractivity contribution in [2.75, 3.05) is 40.1 Å². The number of ether oxygens (including phenoxy) is 3. The molecule has 0 spiro atoms. The van der Waals surface area contributed by atoms with Crippen LogP contribution in [-0.4, -0.2) is 46.0 Å². The Hall–Kier alpha value is -2.37. The number of methoxy groups -OCH3 is 1. The van der Waals surface area contributed by atoms with Gasteiger partial charge in [0, 0.05) is 26.4 Å². The molecule has 2 aromatic carbocycles. The quantitative estimate of drug-likeness (QED) is 0.724. The molecule has 166 valence electrons. The zero-order chi connectivity index (χ0) is 21.5. The van der Waals surface area contributed by atoms with Crippen LogP contribution in [0.5, 0.6) is 5.75 Å². The van der Waals surface area contributed by atoms with Crippen molar-refractivity contribution in [2.24, 2.45) is 11.3 Å². The molecule has 1 amide bonds.